The van der Waals surface area contributed by atoms with Gasteiger partial charge in [0.2, 0.25) is 0 Å². The lowest BCUT2D eigenvalue weighted by atomic mass is 9.84. The molecule has 0 bridgehead atoms. The van der Waals surface area contributed by atoms with Crippen LogP contribution < -0.4 is 0 Å². The van der Waals surface area contributed by atoms with Gasteiger partial charge < -0.3 is 9.47 Å². The number of rotatable bonds is 4. The predicted molar refractivity (Wildman–Crippen MR) is 98.9 cm³/mol. The Hall–Kier alpha value is -1.94. The number of methoxy groups -OCH3 is 1. The van der Waals surface area contributed by atoms with Crippen molar-refractivity contribution < 1.29 is 9.47 Å². The number of fused-ring (bicyclic) bond motifs is 3. The number of hydrogen-bond donors (Lipinski definition) is 0. The van der Waals surface area contributed by atoms with E-state index in [1.54, 1.807) is 7.11 Å². The summed E-state index contributed by atoms with van der Waals surface area (Å²) < 4.78 is 12.7. The Labute approximate surface area is 150 Å². The highest BCUT2D eigenvalue weighted by molar-refractivity contribution is 9.10. The summed E-state index contributed by atoms with van der Waals surface area (Å²) in [5.41, 5.74) is 5.12. The first-order valence-corrected chi connectivity index (χ1v) is 8.65. The second-order valence-corrected chi connectivity index (χ2v) is 6.66. The maximum absolute atomic E-state index is 6.41. The Balaban J connectivity index is 2.08. The molecule has 0 radical (unpaired) electrons. The van der Waals surface area contributed by atoms with Crippen molar-refractivity contribution in [2.75, 3.05) is 13.9 Å². The number of ether oxygens (including phenoxy) is 2. The molecule has 120 valence electrons. The zero-order valence-corrected chi connectivity index (χ0v) is 14.9. The van der Waals surface area contributed by atoms with Crippen LogP contribution in [0, 0.1) is 0 Å². The molecule has 3 aromatic rings. The van der Waals surface area contributed by atoms with Gasteiger partial charge >= 0.3 is 0 Å². The van der Waals surface area contributed by atoms with Crippen molar-refractivity contribution in [1.29, 1.82) is 0 Å². The Morgan fingerprint density at radius 3 is 1.79 bits per heavy atom. The zero-order valence-electron chi connectivity index (χ0n) is 13.3. The molecule has 0 N–H and O–H groups in total. The minimum Gasteiger partial charge on any atom is -0.359 e. The molecular weight excluding hydrogens is 364 g/mol. The summed E-state index contributed by atoms with van der Waals surface area (Å²) in [6, 6.07) is 25.1. The first kappa shape index (κ1) is 15.6. The Morgan fingerprint density at radius 1 is 0.750 bits per heavy atom. The van der Waals surface area contributed by atoms with Crippen LogP contribution in [-0.4, -0.2) is 13.9 Å². The van der Waals surface area contributed by atoms with Crippen LogP contribution in [0.25, 0.3) is 11.1 Å². The summed E-state index contributed by atoms with van der Waals surface area (Å²) in [5, 5.41) is 0. The SMILES string of the molecule is COCOC1(c2ccccc2Br)c2ccccc2-c2ccccc21. The molecule has 4 rings (SSSR count). The number of hydrogen-bond acceptors (Lipinski definition) is 2. The summed E-state index contributed by atoms with van der Waals surface area (Å²) >= 11 is 3.72. The maximum Gasteiger partial charge on any atom is 0.148 e. The fourth-order valence-corrected chi connectivity index (χ4v) is 4.18. The van der Waals surface area contributed by atoms with Crippen molar-refractivity contribution in [2.24, 2.45) is 0 Å². The lowest BCUT2D eigenvalue weighted by molar-refractivity contribution is -0.0954. The molecule has 0 amide bonds. The van der Waals surface area contributed by atoms with Crippen molar-refractivity contribution in [1.82, 2.24) is 0 Å². The highest BCUT2D eigenvalue weighted by Crippen LogP contribution is 2.54. The van der Waals surface area contributed by atoms with Crippen LogP contribution >= 0.6 is 15.9 Å². The van der Waals surface area contributed by atoms with Gasteiger partial charge in [-0.05, 0) is 17.2 Å². The quantitative estimate of drug-likeness (QED) is 0.568. The van der Waals surface area contributed by atoms with E-state index in [0.29, 0.717) is 0 Å². The fraction of sp³-hybridized carbons (Fsp3) is 0.143. The van der Waals surface area contributed by atoms with Crippen molar-refractivity contribution in [3.8, 4) is 11.1 Å². The van der Waals surface area contributed by atoms with E-state index < -0.39 is 5.60 Å². The van der Waals surface area contributed by atoms with Crippen molar-refractivity contribution in [3.63, 3.8) is 0 Å². The molecule has 0 spiro atoms. The molecule has 0 aromatic heterocycles. The molecular formula is C21H17BrO2. The Morgan fingerprint density at radius 2 is 1.25 bits per heavy atom. The molecule has 0 atom stereocenters. The van der Waals surface area contributed by atoms with Gasteiger partial charge in [0, 0.05) is 28.3 Å². The van der Waals surface area contributed by atoms with E-state index >= 15 is 0 Å². The van der Waals surface area contributed by atoms with Gasteiger partial charge in [0.15, 0.2) is 0 Å². The zero-order chi connectivity index (χ0) is 16.6. The van der Waals surface area contributed by atoms with Gasteiger partial charge in [-0.15, -0.1) is 0 Å². The van der Waals surface area contributed by atoms with E-state index in [1.165, 1.54) is 11.1 Å². The molecule has 0 saturated carbocycles. The highest BCUT2D eigenvalue weighted by Gasteiger charge is 2.46. The molecule has 1 aliphatic carbocycles. The third kappa shape index (κ3) is 2.16. The van der Waals surface area contributed by atoms with Gasteiger partial charge in [-0.3, -0.25) is 0 Å². The smallest absolute Gasteiger partial charge is 0.148 e. The van der Waals surface area contributed by atoms with Crippen LogP contribution in [0.2, 0.25) is 0 Å². The van der Waals surface area contributed by atoms with Crippen molar-refractivity contribution in [2.45, 2.75) is 5.60 Å². The normalized spacial score (nSPS) is 14.2. The van der Waals surface area contributed by atoms with Crippen LogP contribution in [-0.2, 0) is 15.1 Å². The van der Waals surface area contributed by atoms with E-state index in [9.17, 15) is 0 Å². The molecule has 1 aliphatic rings. The summed E-state index contributed by atoms with van der Waals surface area (Å²) in [4.78, 5) is 0. The number of halogens is 1. The van der Waals surface area contributed by atoms with Gasteiger partial charge in [0.25, 0.3) is 0 Å². The van der Waals surface area contributed by atoms with E-state index in [0.717, 1.165) is 21.2 Å². The molecule has 2 nitrogen and oxygen atoms in total. The second kappa shape index (κ2) is 6.17. The lowest BCUT2D eigenvalue weighted by Gasteiger charge is -2.33. The molecule has 0 aliphatic heterocycles. The Bertz CT molecular complexity index is 843. The summed E-state index contributed by atoms with van der Waals surface area (Å²) in [7, 11) is 1.65. The third-order valence-corrected chi connectivity index (χ3v) is 5.24. The Kier molecular flexibility index (Phi) is 4.01. The number of benzene rings is 3. The second-order valence-electron chi connectivity index (χ2n) is 5.80. The summed E-state index contributed by atoms with van der Waals surface area (Å²) in [5.74, 6) is 0. The maximum atomic E-state index is 6.41. The first-order chi connectivity index (χ1) is 11.8. The molecule has 0 unspecified atom stereocenters. The van der Waals surface area contributed by atoms with E-state index in [2.05, 4.69) is 76.6 Å². The van der Waals surface area contributed by atoms with Gasteiger partial charge in [0.05, 0.1) is 0 Å². The summed E-state index contributed by atoms with van der Waals surface area (Å²) in [6.45, 7) is 0.212. The molecule has 24 heavy (non-hydrogen) atoms. The minimum atomic E-state index is -0.677. The first-order valence-electron chi connectivity index (χ1n) is 7.86. The largest absolute Gasteiger partial charge is 0.359 e. The van der Waals surface area contributed by atoms with Crippen LogP contribution in [0.3, 0.4) is 0 Å². The summed E-state index contributed by atoms with van der Waals surface area (Å²) in [6.07, 6.45) is 0. The van der Waals surface area contributed by atoms with E-state index in [4.69, 9.17) is 9.47 Å². The van der Waals surface area contributed by atoms with E-state index in [-0.39, 0.29) is 6.79 Å². The van der Waals surface area contributed by atoms with E-state index in [1.807, 2.05) is 12.1 Å². The van der Waals surface area contributed by atoms with Crippen molar-refractivity contribution >= 4 is 15.9 Å². The lowest BCUT2D eigenvalue weighted by Crippen LogP contribution is -2.31. The van der Waals surface area contributed by atoms with Crippen LogP contribution in [0.4, 0.5) is 0 Å². The third-order valence-electron chi connectivity index (χ3n) is 4.55. The average Bonchev–Trinajstić information content (AvgIpc) is 2.92. The topological polar surface area (TPSA) is 18.5 Å². The van der Waals surface area contributed by atoms with Crippen LogP contribution in [0.1, 0.15) is 16.7 Å². The molecule has 3 heteroatoms. The molecule has 0 saturated heterocycles. The standard InChI is InChI=1S/C21H17BrO2/c1-23-14-24-21(19-12-6-7-13-20(19)22)17-10-4-2-8-15(17)16-9-3-5-11-18(16)21/h2-13H,14H2,1H3. The molecule has 0 fully saturated rings. The van der Waals surface area contributed by atoms with Gasteiger partial charge in [-0.2, -0.15) is 0 Å². The highest BCUT2D eigenvalue weighted by atomic mass is 79.9. The minimum absolute atomic E-state index is 0.212. The van der Waals surface area contributed by atoms with Gasteiger partial charge in [-0.25, -0.2) is 0 Å². The van der Waals surface area contributed by atoms with Gasteiger partial charge in [0.1, 0.15) is 12.4 Å². The molecule has 3 aromatic carbocycles. The fourth-order valence-electron chi connectivity index (χ4n) is 3.61. The molecule has 0 heterocycles. The average molecular weight is 381 g/mol. The van der Waals surface area contributed by atoms with Crippen LogP contribution in [0.15, 0.2) is 77.3 Å². The predicted octanol–water partition coefficient (Wildman–Crippen LogP) is 5.34. The van der Waals surface area contributed by atoms with Gasteiger partial charge in [-0.1, -0.05) is 82.7 Å². The van der Waals surface area contributed by atoms with Crippen molar-refractivity contribution in [3.05, 3.63) is 94.0 Å². The van der Waals surface area contributed by atoms with Crippen LogP contribution in [0.5, 0.6) is 0 Å². The monoisotopic (exact) mass is 380 g/mol.